The molecule has 1 aromatic carbocycles. The van der Waals surface area contributed by atoms with Crippen molar-refractivity contribution in [1.29, 1.82) is 0 Å². The Morgan fingerprint density at radius 3 is 2.75 bits per heavy atom. The van der Waals surface area contributed by atoms with Crippen molar-refractivity contribution in [3.63, 3.8) is 0 Å². The smallest absolute Gasteiger partial charge is 0.168 e. The zero-order chi connectivity index (χ0) is 12.3. The van der Waals surface area contributed by atoms with E-state index < -0.39 is 5.82 Å². The highest BCUT2D eigenvalue weighted by atomic mass is 35.5. The summed E-state index contributed by atoms with van der Waals surface area (Å²) in [6.07, 6.45) is 0.136. The average Bonchev–Trinajstić information content (AvgIpc) is 2.23. The molecular formula is C11H13ClFNO2. The van der Waals surface area contributed by atoms with Gasteiger partial charge >= 0.3 is 0 Å². The highest BCUT2D eigenvalue weighted by molar-refractivity contribution is 6.32. The van der Waals surface area contributed by atoms with Crippen LogP contribution in [0.5, 0.6) is 5.75 Å². The summed E-state index contributed by atoms with van der Waals surface area (Å²) >= 11 is 5.81. The van der Waals surface area contributed by atoms with Crippen LogP contribution in [0.4, 0.5) is 4.39 Å². The first-order chi connectivity index (χ1) is 7.52. The van der Waals surface area contributed by atoms with E-state index in [0.717, 1.165) is 6.07 Å². The Kier molecular flexibility index (Phi) is 4.26. The molecule has 0 aliphatic carbocycles. The summed E-state index contributed by atoms with van der Waals surface area (Å²) in [4.78, 5) is 11.8. The number of carbonyl (C=O) groups is 1. The van der Waals surface area contributed by atoms with Gasteiger partial charge in [0.1, 0.15) is 0 Å². The second kappa shape index (κ2) is 5.27. The van der Waals surface area contributed by atoms with E-state index in [2.05, 4.69) is 0 Å². The maximum absolute atomic E-state index is 13.5. The summed E-state index contributed by atoms with van der Waals surface area (Å²) in [6, 6.07) is 1.13. The van der Waals surface area contributed by atoms with Crippen LogP contribution in [0.15, 0.2) is 6.07 Å². The molecule has 88 valence electrons. The average molecular weight is 246 g/mol. The van der Waals surface area contributed by atoms with Gasteiger partial charge < -0.3 is 10.5 Å². The van der Waals surface area contributed by atoms with Crippen LogP contribution < -0.4 is 10.5 Å². The van der Waals surface area contributed by atoms with Crippen molar-refractivity contribution in [3.05, 3.63) is 28.0 Å². The Bertz CT molecular complexity index is 421. The number of benzene rings is 1. The number of ether oxygens (including phenoxy) is 1. The van der Waals surface area contributed by atoms with Crippen LogP contribution in [0.1, 0.15) is 22.3 Å². The van der Waals surface area contributed by atoms with E-state index in [-0.39, 0.29) is 35.1 Å². The van der Waals surface area contributed by atoms with E-state index in [1.807, 2.05) is 0 Å². The molecule has 0 aliphatic rings. The molecule has 5 heteroatoms. The number of carbonyl (C=O) groups excluding carboxylic acids is 1. The summed E-state index contributed by atoms with van der Waals surface area (Å²) in [5.74, 6) is -0.975. The molecule has 0 aliphatic heterocycles. The van der Waals surface area contributed by atoms with Crippen LogP contribution in [-0.4, -0.2) is 19.4 Å². The number of ketones is 1. The second-order valence-corrected chi connectivity index (χ2v) is 3.74. The van der Waals surface area contributed by atoms with E-state index in [1.165, 1.54) is 7.11 Å². The molecule has 0 radical (unpaired) electrons. The van der Waals surface area contributed by atoms with Gasteiger partial charge in [-0.15, -0.1) is 0 Å². The monoisotopic (exact) mass is 245 g/mol. The Morgan fingerprint density at radius 2 is 2.25 bits per heavy atom. The van der Waals surface area contributed by atoms with Crippen molar-refractivity contribution in [2.24, 2.45) is 5.73 Å². The Hall–Kier alpha value is -1.13. The molecule has 2 N–H and O–H groups in total. The molecule has 0 saturated carbocycles. The predicted molar refractivity (Wildman–Crippen MR) is 60.7 cm³/mol. The quantitative estimate of drug-likeness (QED) is 0.829. The second-order valence-electron chi connectivity index (χ2n) is 3.34. The van der Waals surface area contributed by atoms with Crippen molar-refractivity contribution in [2.45, 2.75) is 13.3 Å². The fraction of sp³-hybridized carbons (Fsp3) is 0.364. The first-order valence-corrected chi connectivity index (χ1v) is 5.16. The number of hydrogen-bond acceptors (Lipinski definition) is 3. The molecule has 0 bridgehead atoms. The molecule has 16 heavy (non-hydrogen) atoms. The van der Waals surface area contributed by atoms with Crippen molar-refractivity contribution in [3.8, 4) is 5.75 Å². The lowest BCUT2D eigenvalue weighted by molar-refractivity contribution is 0.0981. The number of rotatable bonds is 4. The van der Waals surface area contributed by atoms with Crippen LogP contribution in [0.3, 0.4) is 0 Å². The van der Waals surface area contributed by atoms with Crippen LogP contribution >= 0.6 is 11.6 Å². The summed E-state index contributed by atoms with van der Waals surface area (Å²) in [5.41, 5.74) is 5.99. The van der Waals surface area contributed by atoms with Gasteiger partial charge in [-0.2, -0.15) is 0 Å². The van der Waals surface area contributed by atoms with E-state index in [9.17, 15) is 9.18 Å². The maximum atomic E-state index is 13.5. The minimum atomic E-state index is -0.640. The van der Waals surface area contributed by atoms with Crippen molar-refractivity contribution in [1.82, 2.24) is 0 Å². The zero-order valence-electron chi connectivity index (χ0n) is 9.14. The molecule has 1 rings (SSSR count). The molecule has 0 atom stereocenters. The maximum Gasteiger partial charge on any atom is 0.168 e. The third-order valence-electron chi connectivity index (χ3n) is 2.29. The van der Waals surface area contributed by atoms with Gasteiger partial charge in [0.2, 0.25) is 0 Å². The summed E-state index contributed by atoms with van der Waals surface area (Å²) < 4.78 is 18.4. The van der Waals surface area contributed by atoms with Gasteiger partial charge in [0.25, 0.3) is 0 Å². The van der Waals surface area contributed by atoms with E-state index in [1.54, 1.807) is 6.92 Å². The standard InChI is InChI=1S/C11H13ClFNO2/c1-6-7(12)5-8(13)11(16-2)10(6)9(15)3-4-14/h5H,3-4,14H2,1-2H3. The Morgan fingerprint density at radius 1 is 1.62 bits per heavy atom. The zero-order valence-corrected chi connectivity index (χ0v) is 9.90. The highest BCUT2D eigenvalue weighted by Crippen LogP contribution is 2.32. The van der Waals surface area contributed by atoms with Crippen molar-refractivity contribution < 1.29 is 13.9 Å². The summed E-state index contributed by atoms with van der Waals surface area (Å²) in [7, 11) is 1.31. The molecule has 0 amide bonds. The normalized spacial score (nSPS) is 10.3. The van der Waals surface area contributed by atoms with Gasteiger partial charge in [-0.25, -0.2) is 4.39 Å². The topological polar surface area (TPSA) is 52.3 Å². The van der Waals surface area contributed by atoms with Crippen LogP contribution in [0, 0.1) is 12.7 Å². The fourth-order valence-electron chi connectivity index (χ4n) is 1.49. The van der Waals surface area contributed by atoms with Gasteiger partial charge in [0.15, 0.2) is 17.3 Å². The number of Topliss-reactive ketones (excluding diaryl/α,β-unsaturated/α-hetero) is 1. The van der Waals surface area contributed by atoms with Crippen LogP contribution in [-0.2, 0) is 0 Å². The number of nitrogens with two attached hydrogens (primary N) is 1. The van der Waals surface area contributed by atoms with Gasteiger partial charge in [-0.1, -0.05) is 11.6 Å². The number of methoxy groups -OCH3 is 1. The lowest BCUT2D eigenvalue weighted by atomic mass is 10.0. The molecule has 0 unspecified atom stereocenters. The third-order valence-corrected chi connectivity index (χ3v) is 2.68. The van der Waals surface area contributed by atoms with Crippen molar-refractivity contribution >= 4 is 17.4 Å². The largest absolute Gasteiger partial charge is 0.493 e. The molecule has 1 aromatic rings. The van der Waals surface area contributed by atoms with Gasteiger partial charge in [0.05, 0.1) is 12.7 Å². The summed E-state index contributed by atoms with van der Waals surface area (Å²) in [6.45, 7) is 1.85. The molecule has 0 aromatic heterocycles. The minimum Gasteiger partial charge on any atom is -0.493 e. The van der Waals surface area contributed by atoms with Crippen molar-refractivity contribution in [2.75, 3.05) is 13.7 Å². The molecule has 0 saturated heterocycles. The highest BCUT2D eigenvalue weighted by Gasteiger charge is 2.20. The Labute approximate surface area is 98.3 Å². The molecular weight excluding hydrogens is 233 g/mol. The minimum absolute atomic E-state index is 0.0691. The molecule has 0 fully saturated rings. The number of hydrogen-bond donors (Lipinski definition) is 1. The number of halogens is 2. The fourth-order valence-corrected chi connectivity index (χ4v) is 1.68. The van der Waals surface area contributed by atoms with E-state index in [4.69, 9.17) is 22.1 Å². The summed E-state index contributed by atoms with van der Waals surface area (Å²) in [5, 5.41) is 0.207. The lowest BCUT2D eigenvalue weighted by Gasteiger charge is -2.12. The SMILES string of the molecule is COc1c(F)cc(Cl)c(C)c1C(=O)CCN. The lowest BCUT2D eigenvalue weighted by Crippen LogP contribution is -2.12. The molecule has 3 nitrogen and oxygen atoms in total. The first kappa shape index (κ1) is 12.9. The van der Waals surface area contributed by atoms with E-state index in [0.29, 0.717) is 5.56 Å². The van der Waals surface area contributed by atoms with Gasteiger partial charge in [0, 0.05) is 11.4 Å². The van der Waals surface area contributed by atoms with Gasteiger partial charge in [-0.3, -0.25) is 4.79 Å². The molecule has 0 spiro atoms. The van der Waals surface area contributed by atoms with E-state index >= 15 is 0 Å². The Balaban J connectivity index is 3.38. The van der Waals surface area contributed by atoms with Gasteiger partial charge in [-0.05, 0) is 25.1 Å². The molecule has 0 heterocycles. The first-order valence-electron chi connectivity index (χ1n) is 4.78. The third kappa shape index (κ3) is 2.33. The van der Waals surface area contributed by atoms with Crippen LogP contribution in [0.25, 0.3) is 0 Å². The van der Waals surface area contributed by atoms with Crippen LogP contribution in [0.2, 0.25) is 5.02 Å². The predicted octanol–water partition coefficient (Wildman–Crippen LogP) is 2.33.